The van der Waals surface area contributed by atoms with Crippen LogP contribution in [0.1, 0.15) is 0 Å². The SMILES string of the molecule is OB(O)c1csc2cc(F)c(F)cc12. The van der Waals surface area contributed by atoms with Crippen LogP contribution in [0, 0.1) is 11.6 Å². The normalized spacial score (nSPS) is 10.9. The van der Waals surface area contributed by atoms with Crippen LogP contribution in [0.2, 0.25) is 0 Å². The van der Waals surface area contributed by atoms with Crippen molar-refractivity contribution in [2.75, 3.05) is 0 Å². The van der Waals surface area contributed by atoms with Gasteiger partial charge in [0.2, 0.25) is 0 Å². The Hall–Kier alpha value is -0.975. The lowest BCUT2D eigenvalue weighted by molar-refractivity contribution is 0.426. The second-order valence-corrected chi connectivity index (χ2v) is 3.74. The lowest BCUT2D eigenvalue weighted by atomic mass is 9.80. The molecule has 0 saturated carbocycles. The molecular formula is C8H5BF2O2S. The van der Waals surface area contributed by atoms with Crippen molar-refractivity contribution in [1.82, 2.24) is 0 Å². The molecule has 0 spiro atoms. The van der Waals surface area contributed by atoms with Crippen LogP contribution in [0.15, 0.2) is 17.5 Å². The monoisotopic (exact) mass is 214 g/mol. The minimum Gasteiger partial charge on any atom is -0.423 e. The maximum absolute atomic E-state index is 12.8. The Morgan fingerprint density at radius 2 is 1.79 bits per heavy atom. The topological polar surface area (TPSA) is 40.5 Å². The van der Waals surface area contributed by atoms with Gasteiger partial charge in [0.15, 0.2) is 11.6 Å². The van der Waals surface area contributed by atoms with Gasteiger partial charge in [0.25, 0.3) is 0 Å². The predicted molar refractivity (Wildman–Crippen MR) is 51.6 cm³/mol. The summed E-state index contributed by atoms with van der Waals surface area (Å²) in [7, 11) is -1.66. The fraction of sp³-hybridized carbons (Fsp3) is 0. The molecule has 72 valence electrons. The first-order valence-electron chi connectivity index (χ1n) is 3.82. The lowest BCUT2D eigenvalue weighted by Gasteiger charge is -1.97. The van der Waals surface area contributed by atoms with E-state index in [0.29, 0.717) is 10.1 Å². The Labute approximate surface area is 82.6 Å². The van der Waals surface area contributed by atoms with Crippen molar-refractivity contribution < 1.29 is 18.8 Å². The third kappa shape index (κ3) is 1.41. The van der Waals surface area contributed by atoms with E-state index in [1.807, 2.05) is 0 Å². The van der Waals surface area contributed by atoms with E-state index in [2.05, 4.69) is 0 Å². The molecule has 2 aromatic rings. The first kappa shape index (κ1) is 9.58. The molecule has 0 radical (unpaired) electrons. The standard InChI is InChI=1S/C8H5BF2O2S/c10-6-1-4-5(9(12)13)3-14-8(4)2-7(6)11/h1-3,12-13H. The summed E-state index contributed by atoms with van der Waals surface area (Å²) in [5.41, 5.74) is 0.198. The largest absolute Gasteiger partial charge is 0.489 e. The molecule has 0 unspecified atom stereocenters. The summed E-state index contributed by atoms with van der Waals surface area (Å²) in [6.07, 6.45) is 0. The van der Waals surface area contributed by atoms with E-state index < -0.39 is 18.8 Å². The highest BCUT2D eigenvalue weighted by molar-refractivity contribution is 7.18. The van der Waals surface area contributed by atoms with Crippen LogP contribution in [0.5, 0.6) is 0 Å². The Morgan fingerprint density at radius 1 is 1.14 bits per heavy atom. The zero-order valence-corrected chi connectivity index (χ0v) is 7.68. The Morgan fingerprint density at radius 3 is 2.43 bits per heavy atom. The summed E-state index contributed by atoms with van der Waals surface area (Å²) in [4.78, 5) is 0. The summed E-state index contributed by atoms with van der Waals surface area (Å²) in [5, 5.41) is 19.6. The number of rotatable bonds is 1. The second-order valence-electron chi connectivity index (χ2n) is 2.83. The number of benzene rings is 1. The zero-order valence-electron chi connectivity index (χ0n) is 6.87. The van der Waals surface area contributed by atoms with Gasteiger partial charge in [0.05, 0.1) is 0 Å². The number of fused-ring (bicyclic) bond motifs is 1. The van der Waals surface area contributed by atoms with E-state index in [-0.39, 0.29) is 5.46 Å². The van der Waals surface area contributed by atoms with Gasteiger partial charge in [-0.3, -0.25) is 0 Å². The molecule has 0 aliphatic carbocycles. The number of hydrogen-bond donors (Lipinski definition) is 2. The van der Waals surface area contributed by atoms with Crippen LogP contribution < -0.4 is 5.46 Å². The average molecular weight is 214 g/mol. The van der Waals surface area contributed by atoms with Crippen LogP contribution in [-0.4, -0.2) is 17.2 Å². The van der Waals surface area contributed by atoms with Gasteiger partial charge in [0.1, 0.15) is 0 Å². The Balaban J connectivity index is 2.74. The molecule has 2 nitrogen and oxygen atoms in total. The smallest absolute Gasteiger partial charge is 0.423 e. The summed E-state index contributed by atoms with van der Waals surface area (Å²) in [6, 6.07) is 2.01. The van der Waals surface area contributed by atoms with Crippen LogP contribution in [0.25, 0.3) is 10.1 Å². The molecule has 14 heavy (non-hydrogen) atoms. The number of hydrogen-bond acceptors (Lipinski definition) is 3. The minimum absolute atomic E-state index is 0.198. The molecule has 0 fully saturated rings. The summed E-state index contributed by atoms with van der Waals surface area (Å²) in [5.74, 6) is -1.92. The molecule has 2 N–H and O–H groups in total. The third-order valence-corrected chi connectivity index (χ3v) is 2.89. The number of halogens is 2. The van der Waals surface area contributed by atoms with Crippen molar-refractivity contribution in [1.29, 1.82) is 0 Å². The highest BCUT2D eigenvalue weighted by atomic mass is 32.1. The first-order chi connectivity index (χ1) is 6.59. The molecule has 2 rings (SSSR count). The maximum Gasteiger partial charge on any atom is 0.489 e. The summed E-state index contributed by atoms with van der Waals surface area (Å²) >= 11 is 1.14. The van der Waals surface area contributed by atoms with Gasteiger partial charge in [-0.05, 0) is 22.9 Å². The van der Waals surface area contributed by atoms with Crippen molar-refractivity contribution in [3.63, 3.8) is 0 Å². The Bertz CT molecular complexity index is 483. The molecule has 0 aliphatic rings. The zero-order chi connectivity index (χ0) is 10.3. The van der Waals surface area contributed by atoms with Gasteiger partial charge in [-0.1, -0.05) is 0 Å². The summed E-state index contributed by atoms with van der Waals surface area (Å²) < 4.78 is 26.1. The van der Waals surface area contributed by atoms with Gasteiger partial charge in [0, 0.05) is 10.2 Å². The molecular weight excluding hydrogens is 209 g/mol. The summed E-state index contributed by atoms with van der Waals surface area (Å²) in [6.45, 7) is 0. The second kappa shape index (κ2) is 3.31. The van der Waals surface area contributed by atoms with E-state index in [4.69, 9.17) is 10.0 Å². The predicted octanol–water partition coefficient (Wildman–Crippen LogP) is 0.859. The molecule has 1 aromatic carbocycles. The van der Waals surface area contributed by atoms with Gasteiger partial charge in [-0.2, -0.15) is 0 Å². The van der Waals surface area contributed by atoms with Crippen molar-refractivity contribution in [2.45, 2.75) is 0 Å². The highest BCUT2D eigenvalue weighted by Crippen LogP contribution is 2.22. The fourth-order valence-corrected chi connectivity index (χ4v) is 2.22. The highest BCUT2D eigenvalue weighted by Gasteiger charge is 2.18. The van der Waals surface area contributed by atoms with Crippen LogP contribution >= 0.6 is 11.3 Å². The molecule has 0 amide bonds. The van der Waals surface area contributed by atoms with Crippen LogP contribution in [0.3, 0.4) is 0 Å². The van der Waals surface area contributed by atoms with E-state index >= 15 is 0 Å². The van der Waals surface area contributed by atoms with E-state index in [0.717, 1.165) is 23.5 Å². The molecule has 1 aromatic heterocycles. The number of thiophene rings is 1. The molecule has 1 heterocycles. The third-order valence-electron chi connectivity index (χ3n) is 1.92. The quantitative estimate of drug-likeness (QED) is 0.691. The van der Waals surface area contributed by atoms with Gasteiger partial charge in [-0.25, -0.2) is 8.78 Å². The lowest BCUT2D eigenvalue weighted by Crippen LogP contribution is -2.28. The minimum atomic E-state index is -1.66. The van der Waals surface area contributed by atoms with Crippen molar-refractivity contribution in [3.05, 3.63) is 29.1 Å². The van der Waals surface area contributed by atoms with Crippen molar-refractivity contribution in [3.8, 4) is 0 Å². The first-order valence-corrected chi connectivity index (χ1v) is 4.70. The maximum atomic E-state index is 12.8. The van der Waals surface area contributed by atoms with E-state index in [9.17, 15) is 8.78 Å². The van der Waals surface area contributed by atoms with Gasteiger partial charge >= 0.3 is 7.12 Å². The molecule has 0 aliphatic heterocycles. The average Bonchev–Trinajstić information content (AvgIpc) is 2.48. The molecule has 6 heteroatoms. The van der Waals surface area contributed by atoms with E-state index in [1.54, 1.807) is 0 Å². The van der Waals surface area contributed by atoms with E-state index in [1.165, 1.54) is 5.38 Å². The Kier molecular flexibility index (Phi) is 2.26. The molecule has 0 bridgehead atoms. The van der Waals surface area contributed by atoms with Gasteiger partial charge < -0.3 is 10.0 Å². The van der Waals surface area contributed by atoms with Crippen molar-refractivity contribution >= 4 is 34.0 Å². The van der Waals surface area contributed by atoms with Crippen LogP contribution in [-0.2, 0) is 0 Å². The molecule has 0 atom stereocenters. The van der Waals surface area contributed by atoms with Crippen LogP contribution in [0.4, 0.5) is 8.78 Å². The molecule has 0 saturated heterocycles. The van der Waals surface area contributed by atoms with Gasteiger partial charge in [-0.15, -0.1) is 11.3 Å². The van der Waals surface area contributed by atoms with Crippen molar-refractivity contribution in [2.24, 2.45) is 0 Å². The fourth-order valence-electron chi connectivity index (χ4n) is 1.24.